The Morgan fingerprint density at radius 1 is 1.10 bits per heavy atom. The SMILES string of the molecule is O=C(NC1CC2CCC(C1)N2)[C@@]12CCCC[C@H]1CNC2. The fourth-order valence-corrected chi connectivity index (χ4v) is 5.19. The second kappa shape index (κ2) is 4.99. The van der Waals surface area contributed by atoms with Crippen LogP contribution in [0.2, 0.25) is 0 Å². The summed E-state index contributed by atoms with van der Waals surface area (Å²) < 4.78 is 0. The van der Waals surface area contributed by atoms with Crippen LogP contribution in [0.25, 0.3) is 0 Å². The van der Waals surface area contributed by atoms with E-state index in [2.05, 4.69) is 16.0 Å². The molecule has 20 heavy (non-hydrogen) atoms. The van der Waals surface area contributed by atoms with Crippen LogP contribution in [0.4, 0.5) is 0 Å². The van der Waals surface area contributed by atoms with Gasteiger partial charge in [0, 0.05) is 24.7 Å². The first kappa shape index (κ1) is 13.1. The largest absolute Gasteiger partial charge is 0.353 e. The summed E-state index contributed by atoms with van der Waals surface area (Å²) in [5, 5.41) is 10.6. The fourth-order valence-electron chi connectivity index (χ4n) is 5.19. The molecule has 1 saturated carbocycles. The monoisotopic (exact) mass is 277 g/mol. The summed E-state index contributed by atoms with van der Waals surface area (Å²) in [6, 6.07) is 1.72. The van der Waals surface area contributed by atoms with E-state index in [0.29, 0.717) is 30.0 Å². The third-order valence-corrected chi connectivity index (χ3v) is 6.30. The number of nitrogens with one attached hydrogen (secondary N) is 3. The third-order valence-electron chi connectivity index (χ3n) is 6.30. The summed E-state index contributed by atoms with van der Waals surface area (Å²) in [5.41, 5.74) is -0.0812. The van der Waals surface area contributed by atoms with Crippen molar-refractivity contribution in [3.8, 4) is 0 Å². The second-order valence-corrected chi connectivity index (χ2v) is 7.51. The maximum Gasteiger partial charge on any atom is 0.228 e. The van der Waals surface area contributed by atoms with Crippen LogP contribution in [0.5, 0.6) is 0 Å². The van der Waals surface area contributed by atoms with Crippen molar-refractivity contribution in [1.29, 1.82) is 0 Å². The number of carbonyl (C=O) groups is 1. The van der Waals surface area contributed by atoms with E-state index in [1.807, 2.05) is 0 Å². The van der Waals surface area contributed by atoms with Gasteiger partial charge in [-0.2, -0.15) is 0 Å². The molecule has 0 aromatic heterocycles. The topological polar surface area (TPSA) is 53.2 Å². The van der Waals surface area contributed by atoms with E-state index >= 15 is 0 Å². The minimum atomic E-state index is -0.0812. The maximum absolute atomic E-state index is 12.9. The van der Waals surface area contributed by atoms with Crippen molar-refractivity contribution in [2.45, 2.75) is 69.5 Å². The lowest BCUT2D eigenvalue weighted by atomic mass is 9.67. The predicted octanol–water partition coefficient (Wildman–Crippen LogP) is 1.17. The van der Waals surface area contributed by atoms with Crippen molar-refractivity contribution in [3.63, 3.8) is 0 Å². The molecule has 3 aliphatic heterocycles. The quantitative estimate of drug-likeness (QED) is 0.710. The summed E-state index contributed by atoms with van der Waals surface area (Å²) in [6.07, 6.45) is 9.72. The molecule has 1 amide bonds. The van der Waals surface area contributed by atoms with E-state index in [-0.39, 0.29) is 5.41 Å². The number of hydrogen-bond acceptors (Lipinski definition) is 3. The molecular formula is C16H27N3O. The Labute approximate surface area is 121 Å². The van der Waals surface area contributed by atoms with Gasteiger partial charge >= 0.3 is 0 Å². The molecule has 4 heteroatoms. The van der Waals surface area contributed by atoms with Crippen molar-refractivity contribution < 1.29 is 4.79 Å². The van der Waals surface area contributed by atoms with E-state index < -0.39 is 0 Å². The van der Waals surface area contributed by atoms with E-state index in [1.54, 1.807) is 0 Å². The van der Waals surface area contributed by atoms with Crippen LogP contribution in [-0.2, 0) is 4.79 Å². The number of piperidine rings is 1. The Hall–Kier alpha value is -0.610. The van der Waals surface area contributed by atoms with Gasteiger partial charge in [0.1, 0.15) is 0 Å². The van der Waals surface area contributed by atoms with Crippen molar-refractivity contribution in [2.75, 3.05) is 13.1 Å². The molecule has 0 radical (unpaired) electrons. The molecule has 1 aliphatic carbocycles. The van der Waals surface area contributed by atoms with Crippen molar-refractivity contribution in [3.05, 3.63) is 0 Å². The van der Waals surface area contributed by atoms with Gasteiger partial charge in [0.2, 0.25) is 5.91 Å². The molecule has 3 N–H and O–H groups in total. The molecule has 0 aromatic carbocycles. The van der Waals surface area contributed by atoms with Crippen LogP contribution in [0, 0.1) is 11.3 Å². The average Bonchev–Trinajstić information content (AvgIpc) is 3.03. The fraction of sp³-hybridized carbons (Fsp3) is 0.938. The standard InChI is InChI=1S/C16H27N3O/c20-15(16-6-2-1-3-11(16)9-17-10-16)19-14-7-12-4-5-13(8-14)18-12/h11-14,17-18H,1-10H2,(H,19,20)/t11-,12?,13?,14?,16+/m0/s1. The lowest BCUT2D eigenvalue weighted by molar-refractivity contribution is -0.135. The smallest absolute Gasteiger partial charge is 0.228 e. The number of fused-ring (bicyclic) bond motifs is 3. The number of hydrogen-bond donors (Lipinski definition) is 3. The zero-order chi connectivity index (χ0) is 13.6. The van der Waals surface area contributed by atoms with Crippen LogP contribution in [0.15, 0.2) is 0 Å². The molecule has 3 heterocycles. The summed E-state index contributed by atoms with van der Waals surface area (Å²) in [6.45, 7) is 1.95. The molecule has 4 atom stereocenters. The van der Waals surface area contributed by atoms with Crippen LogP contribution in [0.1, 0.15) is 51.4 Å². The van der Waals surface area contributed by atoms with Crippen molar-refractivity contribution >= 4 is 5.91 Å². The second-order valence-electron chi connectivity index (χ2n) is 7.51. The van der Waals surface area contributed by atoms with E-state index in [0.717, 1.165) is 32.4 Å². The molecule has 4 fully saturated rings. The number of rotatable bonds is 2. The van der Waals surface area contributed by atoms with E-state index in [1.165, 1.54) is 32.1 Å². The predicted molar refractivity (Wildman–Crippen MR) is 78.4 cm³/mol. The zero-order valence-electron chi connectivity index (χ0n) is 12.3. The first-order valence-electron chi connectivity index (χ1n) is 8.54. The van der Waals surface area contributed by atoms with Crippen LogP contribution in [0.3, 0.4) is 0 Å². The summed E-state index contributed by atoms with van der Waals surface area (Å²) >= 11 is 0. The van der Waals surface area contributed by atoms with Crippen LogP contribution in [-0.4, -0.2) is 37.1 Å². The van der Waals surface area contributed by atoms with Gasteiger partial charge in [-0.25, -0.2) is 0 Å². The van der Waals surface area contributed by atoms with Gasteiger partial charge in [-0.15, -0.1) is 0 Å². The lowest BCUT2D eigenvalue weighted by Crippen LogP contribution is -2.54. The normalized spacial score (nSPS) is 47.0. The van der Waals surface area contributed by atoms with Crippen molar-refractivity contribution in [1.82, 2.24) is 16.0 Å². The highest BCUT2D eigenvalue weighted by Gasteiger charge is 2.50. The molecule has 0 spiro atoms. The maximum atomic E-state index is 12.9. The van der Waals surface area contributed by atoms with Gasteiger partial charge in [0.25, 0.3) is 0 Å². The van der Waals surface area contributed by atoms with Crippen molar-refractivity contribution in [2.24, 2.45) is 11.3 Å². The number of carbonyl (C=O) groups excluding carboxylic acids is 1. The highest BCUT2D eigenvalue weighted by atomic mass is 16.2. The molecule has 3 saturated heterocycles. The lowest BCUT2D eigenvalue weighted by Gasteiger charge is -2.39. The molecule has 2 unspecified atom stereocenters. The molecule has 4 nitrogen and oxygen atoms in total. The summed E-state index contributed by atoms with van der Waals surface area (Å²) in [7, 11) is 0. The van der Waals surface area contributed by atoms with Crippen LogP contribution < -0.4 is 16.0 Å². The Morgan fingerprint density at radius 2 is 1.90 bits per heavy atom. The summed E-state index contributed by atoms with van der Waals surface area (Å²) in [5.74, 6) is 0.938. The Kier molecular flexibility index (Phi) is 3.26. The first-order valence-corrected chi connectivity index (χ1v) is 8.54. The highest BCUT2D eigenvalue weighted by molar-refractivity contribution is 5.84. The van der Waals surface area contributed by atoms with Crippen LogP contribution >= 0.6 is 0 Å². The van der Waals surface area contributed by atoms with Gasteiger partial charge in [-0.1, -0.05) is 12.8 Å². The van der Waals surface area contributed by atoms with Gasteiger partial charge in [-0.3, -0.25) is 4.79 Å². The summed E-state index contributed by atoms with van der Waals surface area (Å²) in [4.78, 5) is 12.9. The molecular weight excluding hydrogens is 250 g/mol. The Bertz CT molecular complexity index is 387. The zero-order valence-corrected chi connectivity index (χ0v) is 12.3. The van der Waals surface area contributed by atoms with Gasteiger partial charge in [-0.05, 0) is 51.0 Å². The Balaban J connectivity index is 1.44. The number of amides is 1. The minimum absolute atomic E-state index is 0.0812. The molecule has 112 valence electrons. The molecule has 4 rings (SSSR count). The highest BCUT2D eigenvalue weighted by Crippen LogP contribution is 2.44. The van der Waals surface area contributed by atoms with E-state index in [9.17, 15) is 4.79 Å². The minimum Gasteiger partial charge on any atom is -0.353 e. The van der Waals surface area contributed by atoms with Gasteiger partial charge in [0.15, 0.2) is 0 Å². The average molecular weight is 277 g/mol. The first-order chi connectivity index (χ1) is 9.76. The van der Waals surface area contributed by atoms with Gasteiger partial charge < -0.3 is 16.0 Å². The van der Waals surface area contributed by atoms with Gasteiger partial charge in [0.05, 0.1) is 5.41 Å². The molecule has 0 aromatic rings. The molecule has 2 bridgehead atoms. The third kappa shape index (κ3) is 2.08. The molecule has 4 aliphatic rings. The Morgan fingerprint density at radius 3 is 2.70 bits per heavy atom. The van der Waals surface area contributed by atoms with E-state index in [4.69, 9.17) is 0 Å².